The third-order valence-electron chi connectivity index (χ3n) is 3.28. The monoisotopic (exact) mass is 208 g/mol. The fourth-order valence-electron chi connectivity index (χ4n) is 1.96. The lowest BCUT2D eigenvalue weighted by Gasteiger charge is -2.38. The minimum atomic E-state index is -0.284. The van der Waals surface area contributed by atoms with E-state index in [9.17, 15) is 4.39 Å². The fraction of sp³-hybridized carbons (Fsp3) is 0.500. The van der Waals surface area contributed by atoms with Crippen molar-refractivity contribution in [3.63, 3.8) is 0 Å². The molecule has 0 radical (unpaired) electrons. The Kier molecular flexibility index (Phi) is 2.55. The number of anilines is 2. The van der Waals surface area contributed by atoms with Crippen LogP contribution in [0.3, 0.4) is 0 Å². The van der Waals surface area contributed by atoms with E-state index in [0.717, 1.165) is 12.2 Å². The van der Waals surface area contributed by atoms with E-state index in [1.54, 1.807) is 6.07 Å². The second-order valence-electron chi connectivity index (χ2n) is 4.75. The van der Waals surface area contributed by atoms with E-state index in [2.05, 4.69) is 12.2 Å². The zero-order valence-electron chi connectivity index (χ0n) is 9.02. The molecule has 0 spiro atoms. The number of nitrogen functional groups attached to an aromatic ring is 1. The van der Waals surface area contributed by atoms with Crippen LogP contribution in [0.25, 0.3) is 0 Å². The van der Waals surface area contributed by atoms with Crippen LogP contribution in [0.4, 0.5) is 15.8 Å². The molecule has 0 heterocycles. The largest absolute Gasteiger partial charge is 0.397 e. The third-order valence-corrected chi connectivity index (χ3v) is 3.28. The molecule has 1 saturated carbocycles. The fourth-order valence-corrected chi connectivity index (χ4v) is 1.96. The maximum Gasteiger partial charge on any atom is 0.125 e. The molecule has 1 aliphatic rings. The van der Waals surface area contributed by atoms with Gasteiger partial charge in [-0.15, -0.1) is 0 Å². The standard InChI is InChI=1S/C12H17FN2/c1-12(5-2-6-12)8-15-11-4-3-9(13)7-10(11)14/h3-4,7,15H,2,5-6,8,14H2,1H3. The summed E-state index contributed by atoms with van der Waals surface area (Å²) >= 11 is 0. The van der Waals surface area contributed by atoms with Gasteiger partial charge in [-0.05, 0) is 36.5 Å². The van der Waals surface area contributed by atoms with Crippen molar-refractivity contribution in [2.24, 2.45) is 5.41 Å². The summed E-state index contributed by atoms with van der Waals surface area (Å²) in [5.74, 6) is -0.284. The van der Waals surface area contributed by atoms with E-state index in [4.69, 9.17) is 5.73 Å². The first-order valence-corrected chi connectivity index (χ1v) is 5.38. The molecule has 15 heavy (non-hydrogen) atoms. The van der Waals surface area contributed by atoms with Crippen LogP contribution in [0, 0.1) is 11.2 Å². The van der Waals surface area contributed by atoms with Gasteiger partial charge in [-0.1, -0.05) is 13.3 Å². The van der Waals surface area contributed by atoms with Gasteiger partial charge in [0, 0.05) is 6.54 Å². The SMILES string of the molecule is CC1(CNc2ccc(F)cc2N)CCC1. The molecule has 1 aromatic carbocycles. The van der Waals surface area contributed by atoms with Crippen molar-refractivity contribution in [1.82, 2.24) is 0 Å². The summed E-state index contributed by atoms with van der Waals surface area (Å²) in [6, 6.07) is 4.49. The molecule has 1 fully saturated rings. The van der Waals surface area contributed by atoms with E-state index in [1.165, 1.54) is 31.4 Å². The maximum absolute atomic E-state index is 12.8. The van der Waals surface area contributed by atoms with Crippen LogP contribution in [0.1, 0.15) is 26.2 Å². The Morgan fingerprint density at radius 2 is 2.20 bits per heavy atom. The van der Waals surface area contributed by atoms with Crippen molar-refractivity contribution >= 4 is 11.4 Å². The van der Waals surface area contributed by atoms with Crippen LogP contribution in [0.15, 0.2) is 18.2 Å². The summed E-state index contributed by atoms with van der Waals surface area (Å²) in [6.45, 7) is 3.19. The number of nitrogens with one attached hydrogen (secondary N) is 1. The lowest BCUT2D eigenvalue weighted by molar-refractivity contribution is 0.180. The molecule has 0 atom stereocenters. The minimum absolute atomic E-state index is 0.284. The first-order valence-electron chi connectivity index (χ1n) is 5.38. The average molecular weight is 208 g/mol. The van der Waals surface area contributed by atoms with Gasteiger partial charge in [0.05, 0.1) is 11.4 Å². The van der Waals surface area contributed by atoms with Gasteiger partial charge in [0.15, 0.2) is 0 Å². The molecule has 82 valence electrons. The van der Waals surface area contributed by atoms with Gasteiger partial charge in [-0.25, -0.2) is 4.39 Å². The number of rotatable bonds is 3. The molecule has 0 saturated heterocycles. The van der Waals surface area contributed by atoms with Gasteiger partial charge in [0.2, 0.25) is 0 Å². The van der Waals surface area contributed by atoms with E-state index < -0.39 is 0 Å². The van der Waals surface area contributed by atoms with Crippen molar-refractivity contribution in [2.75, 3.05) is 17.6 Å². The highest BCUT2D eigenvalue weighted by Crippen LogP contribution is 2.40. The molecule has 0 aliphatic heterocycles. The number of hydrogen-bond acceptors (Lipinski definition) is 2. The van der Waals surface area contributed by atoms with Crippen LogP contribution in [-0.4, -0.2) is 6.54 Å². The summed E-state index contributed by atoms with van der Waals surface area (Å²) in [4.78, 5) is 0. The van der Waals surface area contributed by atoms with Gasteiger partial charge in [-0.2, -0.15) is 0 Å². The van der Waals surface area contributed by atoms with E-state index in [-0.39, 0.29) is 5.82 Å². The van der Waals surface area contributed by atoms with E-state index in [0.29, 0.717) is 11.1 Å². The van der Waals surface area contributed by atoms with Gasteiger partial charge in [-0.3, -0.25) is 0 Å². The van der Waals surface area contributed by atoms with Gasteiger partial charge >= 0.3 is 0 Å². The van der Waals surface area contributed by atoms with Crippen LogP contribution in [-0.2, 0) is 0 Å². The molecule has 0 unspecified atom stereocenters. The molecule has 0 aromatic heterocycles. The Morgan fingerprint density at radius 1 is 1.47 bits per heavy atom. The highest BCUT2D eigenvalue weighted by atomic mass is 19.1. The highest BCUT2D eigenvalue weighted by molar-refractivity contribution is 5.65. The molecule has 3 N–H and O–H groups in total. The van der Waals surface area contributed by atoms with Crippen molar-refractivity contribution in [3.8, 4) is 0 Å². The van der Waals surface area contributed by atoms with Crippen LogP contribution in [0.5, 0.6) is 0 Å². The van der Waals surface area contributed by atoms with Gasteiger partial charge < -0.3 is 11.1 Å². The molecular weight excluding hydrogens is 191 g/mol. The van der Waals surface area contributed by atoms with Crippen LogP contribution >= 0.6 is 0 Å². The van der Waals surface area contributed by atoms with E-state index >= 15 is 0 Å². The summed E-state index contributed by atoms with van der Waals surface area (Å²) in [7, 11) is 0. The Bertz CT molecular complexity index is 359. The first-order chi connectivity index (χ1) is 7.09. The van der Waals surface area contributed by atoms with Crippen molar-refractivity contribution in [1.29, 1.82) is 0 Å². The van der Waals surface area contributed by atoms with Gasteiger partial charge in [0.1, 0.15) is 5.82 Å². The Balaban J connectivity index is 1.98. The second-order valence-corrected chi connectivity index (χ2v) is 4.75. The maximum atomic E-state index is 12.8. The molecular formula is C12H17FN2. The van der Waals surface area contributed by atoms with Crippen molar-refractivity contribution < 1.29 is 4.39 Å². The quantitative estimate of drug-likeness (QED) is 0.749. The lowest BCUT2D eigenvalue weighted by atomic mass is 9.70. The first kappa shape index (κ1) is 10.3. The van der Waals surface area contributed by atoms with Crippen LogP contribution < -0.4 is 11.1 Å². The minimum Gasteiger partial charge on any atom is -0.397 e. The zero-order valence-corrected chi connectivity index (χ0v) is 9.02. The molecule has 0 bridgehead atoms. The third kappa shape index (κ3) is 2.22. The highest BCUT2D eigenvalue weighted by Gasteiger charge is 2.31. The number of benzene rings is 1. The van der Waals surface area contributed by atoms with Crippen molar-refractivity contribution in [2.45, 2.75) is 26.2 Å². The average Bonchev–Trinajstić information content (AvgIpc) is 2.14. The molecule has 1 aromatic rings. The number of nitrogens with two attached hydrogens (primary N) is 1. The Labute approximate surface area is 89.7 Å². The molecule has 3 heteroatoms. The lowest BCUT2D eigenvalue weighted by Crippen LogP contribution is -2.33. The summed E-state index contributed by atoms with van der Waals surface area (Å²) in [5, 5.41) is 3.29. The summed E-state index contributed by atoms with van der Waals surface area (Å²) in [6.07, 6.45) is 3.85. The predicted molar refractivity (Wildman–Crippen MR) is 61.3 cm³/mol. The molecule has 1 aliphatic carbocycles. The zero-order chi connectivity index (χ0) is 10.9. The topological polar surface area (TPSA) is 38.0 Å². The number of halogens is 1. The molecule has 2 nitrogen and oxygen atoms in total. The van der Waals surface area contributed by atoms with Crippen molar-refractivity contribution in [3.05, 3.63) is 24.0 Å². The van der Waals surface area contributed by atoms with Crippen LogP contribution in [0.2, 0.25) is 0 Å². The van der Waals surface area contributed by atoms with Gasteiger partial charge in [0.25, 0.3) is 0 Å². The molecule has 0 amide bonds. The predicted octanol–water partition coefficient (Wildman–Crippen LogP) is 3.01. The Morgan fingerprint density at radius 3 is 2.73 bits per heavy atom. The summed E-state index contributed by atoms with van der Waals surface area (Å²) in [5.41, 5.74) is 7.43. The smallest absolute Gasteiger partial charge is 0.125 e. The second kappa shape index (κ2) is 3.72. The Hall–Kier alpha value is -1.25. The molecule has 2 rings (SSSR count). The summed E-state index contributed by atoms with van der Waals surface area (Å²) < 4.78 is 12.8. The normalized spacial score (nSPS) is 18.3. The van der Waals surface area contributed by atoms with E-state index in [1.807, 2.05) is 0 Å². The number of hydrogen-bond donors (Lipinski definition) is 2.